The third kappa shape index (κ3) is 4.58. The number of nitrogens with one attached hydrogen (secondary N) is 3. The minimum atomic E-state index is -1.09. The molecule has 13 nitrogen and oxygen atoms in total. The van der Waals surface area contributed by atoms with Crippen LogP contribution in [-0.4, -0.2) is 85.6 Å². The number of carbonyl (C=O) groups excluding carboxylic acids is 1. The van der Waals surface area contributed by atoms with Gasteiger partial charge in [-0.15, -0.1) is 11.3 Å². The van der Waals surface area contributed by atoms with Gasteiger partial charge in [0.1, 0.15) is 5.54 Å². The van der Waals surface area contributed by atoms with Crippen LogP contribution in [0.3, 0.4) is 0 Å². The Morgan fingerprint density at radius 1 is 1.25 bits per heavy atom. The zero-order valence-corrected chi connectivity index (χ0v) is 20.7. The van der Waals surface area contributed by atoms with Crippen molar-refractivity contribution in [2.45, 2.75) is 43.7 Å². The molecule has 4 N–H and O–H groups in total. The second-order valence-corrected chi connectivity index (χ2v) is 10.4. The van der Waals surface area contributed by atoms with Gasteiger partial charge in [-0.2, -0.15) is 20.1 Å². The number of aliphatic hydroxyl groups excluding tert-OH is 1. The van der Waals surface area contributed by atoms with Crippen LogP contribution in [0.1, 0.15) is 37.8 Å². The SMILES string of the molecule is C[C@@]1(C(=O)Nc2nccs2)C[C@H](O)CN1c1nc(Nc2cc(C3CC3)[nH]n2)nc(N2CCOCC2)n1. The number of hydrogen-bond donors (Lipinski definition) is 4. The van der Waals surface area contributed by atoms with Crippen LogP contribution in [0, 0.1) is 0 Å². The lowest BCUT2D eigenvalue weighted by molar-refractivity contribution is -0.120. The highest BCUT2D eigenvalue weighted by atomic mass is 32.1. The van der Waals surface area contributed by atoms with Gasteiger partial charge in [0, 0.05) is 55.3 Å². The zero-order chi connectivity index (χ0) is 24.7. The quantitative estimate of drug-likeness (QED) is 0.363. The van der Waals surface area contributed by atoms with E-state index in [0.29, 0.717) is 61.0 Å². The van der Waals surface area contributed by atoms with E-state index in [-0.39, 0.29) is 18.9 Å². The number of β-amino-alcohol motifs (C(OH)–C–C–N with tert-alkyl or cyclic N) is 1. The van der Waals surface area contributed by atoms with Crippen molar-refractivity contribution in [3.63, 3.8) is 0 Å². The minimum Gasteiger partial charge on any atom is -0.391 e. The summed E-state index contributed by atoms with van der Waals surface area (Å²) in [6.45, 7) is 4.42. The van der Waals surface area contributed by atoms with Gasteiger partial charge < -0.3 is 25.0 Å². The summed E-state index contributed by atoms with van der Waals surface area (Å²) in [5, 5.41) is 26.4. The van der Waals surface area contributed by atoms with Crippen molar-refractivity contribution in [2.24, 2.45) is 0 Å². The lowest BCUT2D eigenvalue weighted by Gasteiger charge is -2.34. The molecule has 2 aliphatic heterocycles. The summed E-state index contributed by atoms with van der Waals surface area (Å²) in [6.07, 6.45) is 3.47. The molecule has 3 aromatic rings. The fourth-order valence-corrected chi connectivity index (χ4v) is 5.16. The predicted molar refractivity (Wildman–Crippen MR) is 134 cm³/mol. The third-order valence-electron chi connectivity index (χ3n) is 6.77. The van der Waals surface area contributed by atoms with Crippen molar-refractivity contribution in [2.75, 3.05) is 53.3 Å². The monoisotopic (exact) mass is 512 g/mol. The molecule has 3 aliphatic rings. The summed E-state index contributed by atoms with van der Waals surface area (Å²) < 4.78 is 5.49. The highest BCUT2D eigenvalue weighted by Crippen LogP contribution is 2.40. The van der Waals surface area contributed by atoms with Crippen LogP contribution in [-0.2, 0) is 9.53 Å². The molecule has 14 heteroatoms. The molecule has 0 aromatic carbocycles. The van der Waals surface area contributed by atoms with Gasteiger partial charge in [-0.1, -0.05) is 0 Å². The molecule has 5 heterocycles. The van der Waals surface area contributed by atoms with Crippen LogP contribution in [0.5, 0.6) is 0 Å². The van der Waals surface area contributed by atoms with E-state index in [9.17, 15) is 9.90 Å². The van der Waals surface area contributed by atoms with Crippen molar-refractivity contribution in [3.05, 3.63) is 23.3 Å². The van der Waals surface area contributed by atoms with Gasteiger partial charge in [-0.25, -0.2) is 4.98 Å². The van der Waals surface area contributed by atoms with Crippen LogP contribution >= 0.6 is 11.3 Å². The Balaban J connectivity index is 1.33. The molecule has 6 rings (SSSR count). The number of amides is 1. The van der Waals surface area contributed by atoms with Crippen LogP contribution in [0.15, 0.2) is 17.6 Å². The zero-order valence-electron chi connectivity index (χ0n) is 19.8. The van der Waals surface area contributed by atoms with Crippen LogP contribution < -0.4 is 20.4 Å². The Kier molecular flexibility index (Phi) is 5.93. The van der Waals surface area contributed by atoms with Crippen molar-refractivity contribution in [3.8, 4) is 0 Å². The topological polar surface area (TPSA) is 157 Å². The summed E-state index contributed by atoms with van der Waals surface area (Å²) >= 11 is 1.34. The highest BCUT2D eigenvalue weighted by molar-refractivity contribution is 7.13. The number of aromatic nitrogens is 6. The molecule has 190 valence electrons. The summed E-state index contributed by atoms with van der Waals surface area (Å²) in [7, 11) is 0. The fraction of sp³-hybridized carbons (Fsp3) is 0.545. The average Bonchev–Trinajstić information content (AvgIpc) is 3.24. The van der Waals surface area contributed by atoms with E-state index in [1.165, 1.54) is 11.3 Å². The molecular formula is C22H28N10O3S. The van der Waals surface area contributed by atoms with Gasteiger partial charge >= 0.3 is 0 Å². The smallest absolute Gasteiger partial charge is 0.251 e. The standard InChI is InChI=1S/C22H28N10O3S/c1-22(17(34)25-21-23-4-9-36-21)11-14(33)12-32(22)20-27-18(24-16-10-15(29-30-16)13-2-3-13)26-19(28-20)31-5-7-35-8-6-31/h4,9-10,13-14,33H,2-3,5-8,11-12H2,1H3,(H,23,25,34)(H2,24,26,27,28,29,30)/t14-,22-/m0/s1. The highest BCUT2D eigenvalue weighted by Gasteiger charge is 2.49. The molecule has 2 atom stereocenters. The third-order valence-corrected chi connectivity index (χ3v) is 7.45. The van der Waals surface area contributed by atoms with Crippen molar-refractivity contribution < 1.29 is 14.6 Å². The summed E-state index contributed by atoms with van der Waals surface area (Å²) in [5.41, 5.74) is 0.00608. The van der Waals surface area contributed by atoms with E-state index < -0.39 is 11.6 Å². The molecule has 36 heavy (non-hydrogen) atoms. The average molecular weight is 513 g/mol. The number of H-pyrrole nitrogens is 1. The number of hydrogen-bond acceptors (Lipinski definition) is 12. The molecule has 1 amide bonds. The van der Waals surface area contributed by atoms with Crippen LogP contribution in [0.2, 0.25) is 0 Å². The first-order valence-corrected chi connectivity index (χ1v) is 12.9. The Morgan fingerprint density at radius 3 is 2.81 bits per heavy atom. The molecule has 0 unspecified atom stereocenters. The van der Waals surface area contributed by atoms with Gasteiger partial charge in [0.05, 0.1) is 19.3 Å². The van der Waals surface area contributed by atoms with Gasteiger partial charge in [-0.05, 0) is 19.8 Å². The normalized spacial score (nSPS) is 24.2. The summed E-state index contributed by atoms with van der Waals surface area (Å²) in [5.74, 6) is 1.98. The first kappa shape index (κ1) is 23.1. The largest absolute Gasteiger partial charge is 0.391 e. The molecule has 0 bridgehead atoms. The van der Waals surface area contributed by atoms with Crippen molar-refractivity contribution in [1.29, 1.82) is 0 Å². The summed E-state index contributed by atoms with van der Waals surface area (Å²) in [6, 6.07) is 1.97. The van der Waals surface area contributed by atoms with E-state index in [1.54, 1.807) is 23.4 Å². The van der Waals surface area contributed by atoms with E-state index in [0.717, 1.165) is 18.5 Å². The number of thiazole rings is 1. The van der Waals surface area contributed by atoms with Gasteiger partial charge in [0.15, 0.2) is 10.9 Å². The van der Waals surface area contributed by atoms with Crippen LogP contribution in [0.4, 0.5) is 28.8 Å². The molecule has 3 aromatic heterocycles. The van der Waals surface area contributed by atoms with Gasteiger partial charge in [-0.3, -0.25) is 15.2 Å². The second kappa shape index (κ2) is 9.26. The van der Waals surface area contributed by atoms with Gasteiger partial charge in [0.25, 0.3) is 5.91 Å². The maximum atomic E-state index is 13.4. The van der Waals surface area contributed by atoms with E-state index in [2.05, 4.69) is 35.8 Å². The first-order chi connectivity index (χ1) is 17.5. The number of aliphatic hydroxyl groups is 1. The Morgan fingerprint density at radius 2 is 2.06 bits per heavy atom. The molecule has 1 aliphatic carbocycles. The maximum absolute atomic E-state index is 13.4. The molecule has 0 spiro atoms. The second-order valence-electron chi connectivity index (χ2n) is 9.50. The lowest BCUT2D eigenvalue weighted by Crippen LogP contribution is -2.52. The summed E-state index contributed by atoms with van der Waals surface area (Å²) in [4.78, 5) is 35.4. The number of anilines is 5. The van der Waals surface area contributed by atoms with E-state index >= 15 is 0 Å². The first-order valence-electron chi connectivity index (χ1n) is 12.1. The van der Waals surface area contributed by atoms with E-state index in [4.69, 9.17) is 9.72 Å². The lowest BCUT2D eigenvalue weighted by atomic mass is 9.97. The molecular weight excluding hydrogens is 484 g/mol. The minimum absolute atomic E-state index is 0.210. The molecule has 1 saturated carbocycles. The van der Waals surface area contributed by atoms with Crippen molar-refractivity contribution in [1.82, 2.24) is 30.1 Å². The molecule has 2 saturated heterocycles. The Hall–Kier alpha value is -3.36. The Labute approximate surface area is 211 Å². The number of carbonyl (C=O) groups is 1. The van der Waals surface area contributed by atoms with Crippen molar-refractivity contribution >= 4 is 46.0 Å². The van der Waals surface area contributed by atoms with Gasteiger partial charge in [0.2, 0.25) is 17.8 Å². The maximum Gasteiger partial charge on any atom is 0.251 e. The molecule has 0 radical (unpaired) electrons. The number of morpholine rings is 1. The van der Waals surface area contributed by atoms with E-state index in [1.807, 2.05) is 11.0 Å². The predicted octanol–water partition coefficient (Wildman–Crippen LogP) is 1.48. The Bertz CT molecular complexity index is 1230. The fourth-order valence-electron chi connectivity index (χ4n) is 4.63. The number of ether oxygens (including phenoxy) is 1. The number of nitrogens with zero attached hydrogens (tertiary/aromatic N) is 7. The molecule has 3 fully saturated rings. The number of aromatic amines is 1. The van der Waals surface area contributed by atoms with Crippen LogP contribution in [0.25, 0.3) is 0 Å². The number of rotatable bonds is 7.